The van der Waals surface area contributed by atoms with Crippen molar-refractivity contribution in [3.05, 3.63) is 0 Å². The van der Waals surface area contributed by atoms with Gasteiger partial charge < -0.3 is 0 Å². The Morgan fingerprint density at radius 1 is 1.00 bits per heavy atom. The molecule has 0 rings (SSSR count). The van der Waals surface area contributed by atoms with E-state index in [2.05, 4.69) is 0 Å². The molecule has 0 saturated heterocycles. The van der Waals surface area contributed by atoms with E-state index >= 15 is 0 Å². The molecule has 0 amide bonds. The van der Waals surface area contributed by atoms with Gasteiger partial charge in [-0.3, -0.25) is 0 Å². The van der Waals surface area contributed by atoms with E-state index in [1.54, 1.807) is 0 Å². The third-order valence-electron chi connectivity index (χ3n) is 0. The molecule has 0 atom stereocenters. The summed E-state index contributed by atoms with van der Waals surface area (Å²) in [7, 11) is 0. The van der Waals surface area contributed by atoms with Gasteiger partial charge in [-0.15, -0.1) is 0 Å². The molecule has 0 aromatic rings. The Balaban J connectivity index is 0. The summed E-state index contributed by atoms with van der Waals surface area (Å²) >= 11 is -9.01. The van der Waals surface area contributed by atoms with E-state index in [0.717, 1.165) is 0 Å². The molecule has 0 aromatic carbocycles. The molecule has 0 aliphatic carbocycles. The molecule has 0 saturated carbocycles. The fraction of sp³-hybridized carbons (Fsp3) is 0. The summed E-state index contributed by atoms with van der Waals surface area (Å²) in [5, 5.41) is 0. The Kier molecular flexibility index (Phi) is 3.88. The van der Waals surface area contributed by atoms with Gasteiger partial charge in [-0.2, -0.15) is 0 Å². The van der Waals surface area contributed by atoms with E-state index in [4.69, 9.17) is 2.81 Å². The molecule has 0 fully saturated rings. The van der Waals surface area contributed by atoms with Gasteiger partial charge in [0.2, 0.25) is 0 Å². The van der Waals surface area contributed by atoms with Crippen molar-refractivity contribution in [1.82, 2.24) is 0 Å². The first-order valence-electron chi connectivity index (χ1n) is 0.960. The van der Waals surface area contributed by atoms with Crippen molar-refractivity contribution < 1.29 is 67.3 Å². The molecule has 0 heterocycles. The minimum absolute atomic E-state index is 0. The molecule has 0 bridgehead atoms. The van der Waals surface area contributed by atoms with Gasteiger partial charge in [0.05, 0.1) is 0 Å². The van der Waals surface area contributed by atoms with Crippen LogP contribution < -0.4 is 0 Å². The standard InChI is InChI=1S/4FH.O.Y.Zr/h4*1H;;;/q;;;;;;+4/p-4. The summed E-state index contributed by atoms with van der Waals surface area (Å²) in [6.45, 7) is 0. The van der Waals surface area contributed by atoms with Crippen molar-refractivity contribution in [3.8, 4) is 0 Å². The van der Waals surface area contributed by atoms with Gasteiger partial charge in [0.25, 0.3) is 0 Å². The van der Waals surface area contributed by atoms with Crippen LogP contribution in [0.25, 0.3) is 0 Å². The summed E-state index contributed by atoms with van der Waals surface area (Å²) in [6, 6.07) is 0. The van der Waals surface area contributed by atoms with Crippen LogP contribution in [-0.4, -0.2) is 0 Å². The first kappa shape index (κ1) is 11.3. The van der Waals surface area contributed by atoms with Gasteiger partial charge in [-0.05, 0) is 0 Å². The van der Waals surface area contributed by atoms with Crippen molar-refractivity contribution in [2.75, 3.05) is 0 Å². The maximum atomic E-state index is 10.0. The van der Waals surface area contributed by atoms with Crippen LogP contribution in [0, 0.1) is 0 Å². The third kappa shape index (κ3) is 100. The Labute approximate surface area is 66.4 Å². The summed E-state index contributed by atoms with van der Waals surface area (Å²) in [5.41, 5.74) is 0. The van der Waals surface area contributed by atoms with Crippen LogP contribution in [0.2, 0.25) is 0 Å². The maximum absolute atomic E-state index is 10.0. The van der Waals surface area contributed by atoms with Crippen molar-refractivity contribution in [3.63, 3.8) is 0 Å². The SMILES string of the molecule is [O]=[Zr]([F])([F])([F])[F].[Y]. The fourth-order valence-corrected chi connectivity index (χ4v) is 0. The second-order valence-electron chi connectivity index (χ2n) is 0.737. The van der Waals surface area contributed by atoms with Crippen molar-refractivity contribution >= 4 is 0 Å². The van der Waals surface area contributed by atoms with Crippen LogP contribution in [0.1, 0.15) is 0 Å². The summed E-state index contributed by atoms with van der Waals surface area (Å²) < 4.78 is 48.3. The molecule has 7 heteroatoms. The number of hydrogen-bond donors (Lipinski definition) is 0. The summed E-state index contributed by atoms with van der Waals surface area (Å²) in [6.07, 6.45) is 0. The predicted molar refractivity (Wildman–Crippen MR) is 5.12 cm³/mol. The predicted octanol–water partition coefficient (Wildman–Crippen LogP) is 1.56. The monoisotopic (exact) mass is 271 g/mol. The van der Waals surface area contributed by atoms with Crippen LogP contribution in [-0.2, 0) is 56.7 Å². The van der Waals surface area contributed by atoms with Crippen molar-refractivity contribution in [2.45, 2.75) is 0 Å². The van der Waals surface area contributed by atoms with E-state index in [9.17, 15) is 10.5 Å². The molecule has 1 radical (unpaired) electrons. The smallest absolute Gasteiger partial charge is 0 e. The summed E-state index contributed by atoms with van der Waals surface area (Å²) in [4.78, 5) is 0. The van der Waals surface area contributed by atoms with Crippen molar-refractivity contribution in [2.24, 2.45) is 0 Å². The average Bonchev–Trinajstić information content (AvgIpc) is 0.650. The molecule has 7 heavy (non-hydrogen) atoms. The Bertz CT molecular complexity index is 89.3. The number of halogens is 4. The zero-order valence-electron chi connectivity index (χ0n) is 3.00. The second-order valence-corrected chi connectivity index (χ2v) is 4.36. The largest absolute Gasteiger partial charge is 0 e. The van der Waals surface area contributed by atoms with Crippen LogP contribution in [0.4, 0.5) is 10.5 Å². The summed E-state index contributed by atoms with van der Waals surface area (Å²) in [5.74, 6) is 0. The van der Waals surface area contributed by atoms with Crippen LogP contribution >= 0.6 is 0 Å². The topological polar surface area (TPSA) is 17.1 Å². The molecule has 0 aliphatic rings. The minimum atomic E-state index is -9.01. The third-order valence-corrected chi connectivity index (χ3v) is 0. The van der Waals surface area contributed by atoms with E-state index in [-0.39, 0.29) is 32.7 Å². The molecule has 0 N–H and O–H groups in total. The fourth-order valence-electron chi connectivity index (χ4n) is 0. The first-order chi connectivity index (χ1) is 2.24. The van der Waals surface area contributed by atoms with Crippen LogP contribution in [0.3, 0.4) is 0 Å². The maximum Gasteiger partial charge on any atom is 0 e. The number of hydrogen-bond acceptors (Lipinski definition) is 1. The molecular weight excluding hydrogens is 272 g/mol. The molecular formula is F4OYZr. The van der Waals surface area contributed by atoms with Gasteiger partial charge in [0.15, 0.2) is 0 Å². The zero-order valence-corrected chi connectivity index (χ0v) is 8.29. The van der Waals surface area contributed by atoms with Gasteiger partial charge in [0.1, 0.15) is 0 Å². The molecule has 1 nitrogen and oxygen atoms in total. The van der Waals surface area contributed by atoms with Gasteiger partial charge in [-0.25, -0.2) is 0 Å². The minimum Gasteiger partial charge on any atom is 0 e. The number of rotatable bonds is 0. The van der Waals surface area contributed by atoms with Crippen LogP contribution in [0.5, 0.6) is 0 Å². The van der Waals surface area contributed by atoms with Gasteiger partial charge in [0, 0.05) is 32.7 Å². The molecule has 0 aromatic heterocycles. The van der Waals surface area contributed by atoms with E-state index in [1.165, 1.54) is 0 Å². The Morgan fingerprint density at radius 3 is 1.00 bits per heavy atom. The average molecular weight is 272 g/mol. The van der Waals surface area contributed by atoms with Gasteiger partial charge in [-0.1, -0.05) is 0 Å². The second kappa shape index (κ2) is 2.40. The molecule has 41 valence electrons. The molecule has 0 aliphatic heterocycles. The van der Waals surface area contributed by atoms with E-state index < -0.39 is 21.2 Å². The van der Waals surface area contributed by atoms with E-state index in [1.807, 2.05) is 0 Å². The normalized spacial score (nSPS) is 12.7. The van der Waals surface area contributed by atoms with Crippen molar-refractivity contribution in [1.29, 1.82) is 0 Å². The zero-order chi connectivity index (χ0) is 5.45. The van der Waals surface area contributed by atoms with E-state index in [0.29, 0.717) is 0 Å². The van der Waals surface area contributed by atoms with Gasteiger partial charge >= 0.3 is 34.5 Å². The van der Waals surface area contributed by atoms with Crippen LogP contribution in [0.15, 0.2) is 0 Å². The Hall–Kier alpha value is 1.51. The molecule has 0 spiro atoms. The quantitative estimate of drug-likeness (QED) is 0.612. The first-order valence-corrected chi connectivity index (χ1v) is 5.68. The Morgan fingerprint density at radius 2 is 1.00 bits per heavy atom. The molecule has 0 unspecified atom stereocenters.